The van der Waals surface area contributed by atoms with Gasteiger partial charge >= 0.3 is 0 Å². The van der Waals surface area contributed by atoms with Crippen LogP contribution in [0.3, 0.4) is 0 Å². The summed E-state index contributed by atoms with van der Waals surface area (Å²) in [6.45, 7) is 6.17. The average molecular weight is 181 g/mol. The first-order chi connectivity index (χ1) is 6.31. The van der Waals surface area contributed by atoms with Gasteiger partial charge in [-0.3, -0.25) is 4.68 Å². The van der Waals surface area contributed by atoms with Crippen molar-refractivity contribution in [3.63, 3.8) is 0 Å². The molecule has 0 aliphatic carbocycles. The van der Waals surface area contributed by atoms with E-state index in [1.54, 1.807) is 0 Å². The molecule has 0 atom stereocenters. The Bertz CT molecular complexity index is 253. The fourth-order valence-electron chi connectivity index (χ4n) is 1.51. The summed E-state index contributed by atoms with van der Waals surface area (Å²) < 4.78 is 2.09. The molecular formula is C10H19N3. The molecular weight excluding hydrogens is 162 g/mol. The van der Waals surface area contributed by atoms with Crippen LogP contribution in [0.25, 0.3) is 0 Å². The molecule has 1 aromatic heterocycles. The molecule has 0 radical (unpaired) electrons. The summed E-state index contributed by atoms with van der Waals surface area (Å²) in [5.74, 6) is 0. The van der Waals surface area contributed by atoms with Gasteiger partial charge in [-0.1, -0.05) is 13.3 Å². The molecule has 1 aromatic rings. The minimum absolute atomic E-state index is 0.865. The van der Waals surface area contributed by atoms with E-state index in [2.05, 4.69) is 35.0 Å². The molecule has 0 aromatic carbocycles. The molecule has 0 bridgehead atoms. The van der Waals surface area contributed by atoms with Crippen molar-refractivity contribution < 1.29 is 0 Å². The Labute approximate surface area is 80.1 Å². The van der Waals surface area contributed by atoms with Crippen LogP contribution in [0, 0.1) is 0 Å². The van der Waals surface area contributed by atoms with E-state index in [-0.39, 0.29) is 0 Å². The maximum Gasteiger partial charge on any atom is 0.0765 e. The Morgan fingerprint density at radius 3 is 2.77 bits per heavy atom. The molecule has 1 rings (SSSR count). The fourth-order valence-corrected chi connectivity index (χ4v) is 1.51. The third-order valence-corrected chi connectivity index (χ3v) is 2.08. The molecule has 0 unspecified atom stereocenters. The maximum absolute atomic E-state index is 4.49. The van der Waals surface area contributed by atoms with Crippen molar-refractivity contribution in [3.05, 3.63) is 17.5 Å². The molecule has 1 heterocycles. The van der Waals surface area contributed by atoms with Crippen LogP contribution in [0.2, 0.25) is 0 Å². The first kappa shape index (κ1) is 10.3. The van der Waals surface area contributed by atoms with Crippen LogP contribution in [0.1, 0.15) is 31.7 Å². The summed E-state index contributed by atoms with van der Waals surface area (Å²) in [5.41, 5.74) is 2.50. The van der Waals surface area contributed by atoms with E-state index < -0.39 is 0 Å². The van der Waals surface area contributed by atoms with Crippen LogP contribution in [0.5, 0.6) is 0 Å². The largest absolute Gasteiger partial charge is 0.314 e. The third-order valence-electron chi connectivity index (χ3n) is 2.08. The molecule has 0 spiro atoms. The second-order valence-corrected chi connectivity index (χ2v) is 3.22. The summed E-state index contributed by atoms with van der Waals surface area (Å²) in [7, 11) is 1.95. The summed E-state index contributed by atoms with van der Waals surface area (Å²) in [5, 5.41) is 7.61. The zero-order chi connectivity index (χ0) is 9.68. The minimum Gasteiger partial charge on any atom is -0.314 e. The van der Waals surface area contributed by atoms with E-state index in [9.17, 15) is 0 Å². The normalized spacial score (nSPS) is 10.7. The Morgan fingerprint density at radius 2 is 2.23 bits per heavy atom. The average Bonchev–Trinajstić information content (AvgIpc) is 2.49. The summed E-state index contributed by atoms with van der Waals surface area (Å²) in [6, 6.07) is 2.20. The van der Waals surface area contributed by atoms with Gasteiger partial charge in [-0.15, -0.1) is 0 Å². The van der Waals surface area contributed by atoms with Crippen LogP contribution >= 0.6 is 0 Å². The quantitative estimate of drug-likeness (QED) is 0.747. The second-order valence-electron chi connectivity index (χ2n) is 3.22. The van der Waals surface area contributed by atoms with Crippen molar-refractivity contribution in [3.8, 4) is 0 Å². The van der Waals surface area contributed by atoms with E-state index in [1.165, 1.54) is 12.1 Å². The number of aryl methyl sites for hydroxylation is 2. The Kier molecular flexibility index (Phi) is 3.96. The molecule has 1 N–H and O–H groups in total. The van der Waals surface area contributed by atoms with Gasteiger partial charge in [0.2, 0.25) is 0 Å². The zero-order valence-electron chi connectivity index (χ0n) is 8.80. The van der Waals surface area contributed by atoms with Gasteiger partial charge in [0.1, 0.15) is 0 Å². The van der Waals surface area contributed by atoms with Gasteiger partial charge in [-0.2, -0.15) is 5.10 Å². The Balaban J connectivity index is 2.77. The number of aromatic nitrogens is 2. The van der Waals surface area contributed by atoms with Crippen LogP contribution in [-0.4, -0.2) is 16.8 Å². The van der Waals surface area contributed by atoms with Crippen LogP contribution < -0.4 is 5.32 Å². The van der Waals surface area contributed by atoms with E-state index in [1.807, 2.05) is 7.05 Å². The van der Waals surface area contributed by atoms with E-state index in [0.29, 0.717) is 0 Å². The van der Waals surface area contributed by atoms with Crippen molar-refractivity contribution in [2.45, 2.75) is 39.8 Å². The lowest BCUT2D eigenvalue weighted by molar-refractivity contribution is 0.603. The fraction of sp³-hybridized carbons (Fsp3) is 0.700. The number of nitrogens with zero attached hydrogens (tertiary/aromatic N) is 2. The highest BCUT2D eigenvalue weighted by Crippen LogP contribution is 2.06. The van der Waals surface area contributed by atoms with Crippen molar-refractivity contribution in [1.29, 1.82) is 0 Å². The highest BCUT2D eigenvalue weighted by Gasteiger charge is 2.04. The van der Waals surface area contributed by atoms with Gasteiger partial charge in [0.25, 0.3) is 0 Å². The maximum atomic E-state index is 4.49. The van der Waals surface area contributed by atoms with Gasteiger partial charge in [0.05, 0.1) is 5.69 Å². The first-order valence-corrected chi connectivity index (χ1v) is 5.02. The van der Waals surface area contributed by atoms with Gasteiger partial charge in [-0.25, -0.2) is 0 Å². The Morgan fingerprint density at radius 1 is 1.46 bits per heavy atom. The lowest BCUT2D eigenvalue weighted by Gasteiger charge is -2.01. The van der Waals surface area contributed by atoms with Crippen molar-refractivity contribution in [2.75, 3.05) is 7.05 Å². The molecule has 0 aliphatic heterocycles. The van der Waals surface area contributed by atoms with Crippen molar-refractivity contribution in [1.82, 2.24) is 15.1 Å². The highest BCUT2D eigenvalue weighted by atomic mass is 15.3. The molecule has 0 saturated carbocycles. The molecule has 74 valence electrons. The van der Waals surface area contributed by atoms with E-state index >= 15 is 0 Å². The van der Waals surface area contributed by atoms with Crippen LogP contribution in [0.4, 0.5) is 0 Å². The van der Waals surface area contributed by atoms with Crippen LogP contribution in [0.15, 0.2) is 6.07 Å². The SMILES string of the molecule is CCCc1cc(CNC)nn1CC. The topological polar surface area (TPSA) is 29.9 Å². The molecule has 0 amide bonds. The number of rotatable bonds is 5. The molecule has 13 heavy (non-hydrogen) atoms. The van der Waals surface area contributed by atoms with Gasteiger partial charge in [-0.05, 0) is 26.5 Å². The molecule has 0 aliphatic rings. The van der Waals surface area contributed by atoms with Gasteiger partial charge in [0, 0.05) is 18.8 Å². The lowest BCUT2D eigenvalue weighted by atomic mass is 10.2. The van der Waals surface area contributed by atoms with E-state index in [4.69, 9.17) is 0 Å². The lowest BCUT2D eigenvalue weighted by Crippen LogP contribution is -2.07. The summed E-state index contributed by atoms with van der Waals surface area (Å²) in [6.07, 6.45) is 2.31. The standard InChI is InChI=1S/C10H19N3/c1-4-6-10-7-9(8-11-3)12-13(10)5-2/h7,11H,4-6,8H2,1-3H3. The summed E-state index contributed by atoms with van der Waals surface area (Å²) in [4.78, 5) is 0. The zero-order valence-corrected chi connectivity index (χ0v) is 8.80. The van der Waals surface area contributed by atoms with E-state index in [0.717, 1.165) is 25.2 Å². The molecule has 0 saturated heterocycles. The number of hydrogen-bond donors (Lipinski definition) is 1. The number of nitrogens with one attached hydrogen (secondary N) is 1. The molecule has 3 heteroatoms. The monoisotopic (exact) mass is 181 g/mol. The smallest absolute Gasteiger partial charge is 0.0765 e. The predicted octanol–water partition coefficient (Wildman–Crippen LogP) is 1.57. The minimum atomic E-state index is 0.865. The van der Waals surface area contributed by atoms with Crippen LogP contribution in [-0.2, 0) is 19.5 Å². The van der Waals surface area contributed by atoms with Crippen molar-refractivity contribution >= 4 is 0 Å². The highest BCUT2D eigenvalue weighted by molar-refractivity contribution is 5.10. The predicted molar refractivity (Wildman–Crippen MR) is 54.7 cm³/mol. The van der Waals surface area contributed by atoms with Gasteiger partial charge in [0.15, 0.2) is 0 Å². The van der Waals surface area contributed by atoms with Gasteiger partial charge < -0.3 is 5.32 Å². The number of hydrogen-bond acceptors (Lipinski definition) is 2. The second kappa shape index (κ2) is 5.02. The Hall–Kier alpha value is -0.830. The molecule has 3 nitrogen and oxygen atoms in total. The molecule has 0 fully saturated rings. The summed E-state index contributed by atoms with van der Waals surface area (Å²) >= 11 is 0. The third kappa shape index (κ3) is 2.56. The van der Waals surface area contributed by atoms with Crippen molar-refractivity contribution in [2.24, 2.45) is 0 Å². The first-order valence-electron chi connectivity index (χ1n) is 5.02.